The van der Waals surface area contributed by atoms with Crippen molar-refractivity contribution in [2.45, 2.75) is 63.3 Å². The summed E-state index contributed by atoms with van der Waals surface area (Å²) in [6, 6.07) is 8.48. The number of anilines is 1. The van der Waals surface area contributed by atoms with E-state index in [9.17, 15) is 17.6 Å². The molecule has 3 aromatic rings. The number of aryl methyl sites for hydroxylation is 1. The van der Waals surface area contributed by atoms with Crippen LogP contribution in [0.25, 0.3) is 5.69 Å². The standard InChI is InChI=1S/C25H25ClF4N6/c1-15-19(27)3-5-21(31-15)34-10-6-16(7-11-34)23-33-32-22-14-35(24(8-9-24)25(28,29)30)13-17-12-18(26)2-4-20(17)36(22)23/h2-5,12,16H,6-11,13-14H2,1H3. The van der Waals surface area contributed by atoms with Crippen LogP contribution < -0.4 is 4.90 Å². The topological polar surface area (TPSA) is 50.1 Å². The average molecular weight is 521 g/mol. The van der Waals surface area contributed by atoms with Crippen molar-refractivity contribution in [1.82, 2.24) is 24.6 Å². The lowest BCUT2D eigenvalue weighted by Gasteiger charge is -2.32. The number of pyridine rings is 1. The van der Waals surface area contributed by atoms with Gasteiger partial charge in [0.25, 0.3) is 0 Å². The maximum Gasteiger partial charge on any atom is 0.406 e. The molecule has 6 nitrogen and oxygen atoms in total. The molecule has 0 unspecified atom stereocenters. The molecule has 4 heterocycles. The summed E-state index contributed by atoms with van der Waals surface area (Å²) in [6.45, 7) is 3.28. The third-order valence-electron chi connectivity index (χ3n) is 7.78. The summed E-state index contributed by atoms with van der Waals surface area (Å²) in [5.74, 6) is 1.77. The van der Waals surface area contributed by atoms with Crippen molar-refractivity contribution < 1.29 is 17.6 Å². The Bertz CT molecular complexity index is 1310. The fourth-order valence-corrected chi connectivity index (χ4v) is 5.76. The molecule has 3 aliphatic rings. The van der Waals surface area contributed by atoms with Gasteiger partial charge in [-0.05, 0) is 68.5 Å². The smallest absolute Gasteiger partial charge is 0.357 e. The lowest BCUT2D eigenvalue weighted by Crippen LogP contribution is -2.47. The zero-order valence-corrected chi connectivity index (χ0v) is 20.4. The van der Waals surface area contributed by atoms with Gasteiger partial charge in [0.15, 0.2) is 5.82 Å². The van der Waals surface area contributed by atoms with Crippen LogP contribution in [0.15, 0.2) is 30.3 Å². The molecule has 2 aromatic heterocycles. The minimum Gasteiger partial charge on any atom is -0.357 e. The Labute approximate surface area is 210 Å². The Hall–Kier alpha value is -2.72. The zero-order valence-electron chi connectivity index (χ0n) is 19.7. The molecule has 1 aromatic carbocycles. The molecule has 1 saturated carbocycles. The van der Waals surface area contributed by atoms with Gasteiger partial charge in [-0.2, -0.15) is 13.2 Å². The lowest BCUT2D eigenvalue weighted by atomic mass is 9.95. The summed E-state index contributed by atoms with van der Waals surface area (Å²) < 4.78 is 57.7. The highest BCUT2D eigenvalue weighted by atomic mass is 35.5. The van der Waals surface area contributed by atoms with Gasteiger partial charge in [-0.15, -0.1) is 10.2 Å². The molecule has 0 bridgehead atoms. The van der Waals surface area contributed by atoms with Crippen molar-refractivity contribution in [3.05, 3.63) is 64.1 Å². The van der Waals surface area contributed by atoms with Gasteiger partial charge in [0.2, 0.25) is 0 Å². The van der Waals surface area contributed by atoms with Crippen LogP contribution in [0.3, 0.4) is 0 Å². The quantitative estimate of drug-likeness (QED) is 0.423. The van der Waals surface area contributed by atoms with Crippen molar-refractivity contribution in [1.29, 1.82) is 0 Å². The first kappa shape index (κ1) is 23.7. The van der Waals surface area contributed by atoms with Gasteiger partial charge >= 0.3 is 6.18 Å². The number of hydrogen-bond donors (Lipinski definition) is 0. The Morgan fingerprint density at radius 2 is 1.78 bits per heavy atom. The maximum absolute atomic E-state index is 14.0. The SMILES string of the molecule is Cc1nc(N2CCC(c3nnc4n3-c3ccc(Cl)cc3CN(C3(C(F)(F)F)CC3)C4)CC2)ccc1F. The van der Waals surface area contributed by atoms with Gasteiger partial charge in [0, 0.05) is 30.6 Å². The number of hydrogen-bond acceptors (Lipinski definition) is 5. The third-order valence-corrected chi connectivity index (χ3v) is 8.01. The highest BCUT2D eigenvalue weighted by Crippen LogP contribution is 2.55. The highest BCUT2D eigenvalue weighted by molar-refractivity contribution is 6.30. The lowest BCUT2D eigenvalue weighted by molar-refractivity contribution is -0.200. The maximum atomic E-state index is 14.0. The number of piperidine rings is 1. The third kappa shape index (κ3) is 3.85. The highest BCUT2D eigenvalue weighted by Gasteiger charge is 2.66. The van der Waals surface area contributed by atoms with E-state index in [1.807, 2.05) is 10.6 Å². The molecule has 1 aliphatic carbocycles. The van der Waals surface area contributed by atoms with Gasteiger partial charge in [0.1, 0.15) is 23.0 Å². The van der Waals surface area contributed by atoms with Crippen LogP contribution in [0, 0.1) is 12.7 Å². The number of fused-ring (bicyclic) bond motifs is 3. The number of halogens is 5. The first-order valence-electron chi connectivity index (χ1n) is 12.1. The molecule has 0 radical (unpaired) electrons. The van der Waals surface area contributed by atoms with E-state index in [2.05, 4.69) is 20.1 Å². The van der Waals surface area contributed by atoms with E-state index >= 15 is 0 Å². The fourth-order valence-electron chi connectivity index (χ4n) is 5.56. The molecule has 2 fully saturated rings. The molecular formula is C25H25ClF4N6. The minimum absolute atomic E-state index is 0.0659. The van der Waals surface area contributed by atoms with Gasteiger partial charge < -0.3 is 4.90 Å². The first-order valence-corrected chi connectivity index (χ1v) is 12.5. The second kappa shape index (κ2) is 8.41. The van der Waals surface area contributed by atoms with Crippen molar-refractivity contribution in [2.24, 2.45) is 0 Å². The number of rotatable bonds is 3. The number of alkyl halides is 3. The number of aromatic nitrogens is 4. The molecule has 0 atom stereocenters. The number of benzene rings is 1. The van der Waals surface area contributed by atoms with Crippen LogP contribution in [-0.2, 0) is 13.1 Å². The summed E-state index contributed by atoms with van der Waals surface area (Å²) in [5.41, 5.74) is 0.0679. The summed E-state index contributed by atoms with van der Waals surface area (Å²) in [5, 5.41) is 9.37. The van der Waals surface area contributed by atoms with Crippen molar-refractivity contribution >= 4 is 17.4 Å². The Kier molecular flexibility index (Phi) is 5.53. The molecule has 1 saturated heterocycles. The average Bonchev–Trinajstić information content (AvgIpc) is 3.59. The van der Waals surface area contributed by atoms with Crippen molar-refractivity contribution in [3.63, 3.8) is 0 Å². The fraction of sp³-hybridized carbons (Fsp3) is 0.480. The summed E-state index contributed by atoms with van der Waals surface area (Å²) in [4.78, 5) is 7.98. The molecule has 0 N–H and O–H groups in total. The molecule has 190 valence electrons. The number of nitrogens with zero attached hydrogens (tertiary/aromatic N) is 6. The monoisotopic (exact) mass is 520 g/mol. The van der Waals surface area contributed by atoms with E-state index in [0.29, 0.717) is 29.6 Å². The van der Waals surface area contributed by atoms with E-state index in [0.717, 1.165) is 35.7 Å². The Morgan fingerprint density at radius 1 is 1.03 bits per heavy atom. The van der Waals surface area contributed by atoms with Crippen LogP contribution in [0.5, 0.6) is 0 Å². The summed E-state index contributed by atoms with van der Waals surface area (Å²) in [7, 11) is 0. The van der Waals surface area contributed by atoms with Crippen molar-refractivity contribution in [3.8, 4) is 5.69 Å². The van der Waals surface area contributed by atoms with Gasteiger partial charge in [-0.1, -0.05) is 11.6 Å². The van der Waals surface area contributed by atoms with Gasteiger partial charge in [-0.3, -0.25) is 9.47 Å². The molecule has 11 heteroatoms. The van der Waals surface area contributed by atoms with Crippen LogP contribution >= 0.6 is 11.6 Å². The largest absolute Gasteiger partial charge is 0.406 e. The molecule has 2 aliphatic heterocycles. The second-order valence-electron chi connectivity index (χ2n) is 9.97. The molecule has 36 heavy (non-hydrogen) atoms. The van der Waals surface area contributed by atoms with Crippen molar-refractivity contribution in [2.75, 3.05) is 18.0 Å². The molecular weight excluding hydrogens is 496 g/mol. The van der Waals surface area contributed by atoms with E-state index in [1.54, 1.807) is 25.1 Å². The minimum atomic E-state index is -4.32. The normalized spacial score (nSPS) is 20.1. The van der Waals surface area contributed by atoms with E-state index < -0.39 is 11.7 Å². The summed E-state index contributed by atoms with van der Waals surface area (Å²) in [6.07, 6.45) is -2.60. The molecule has 6 rings (SSSR count). The Balaban J connectivity index is 1.31. The van der Waals surface area contributed by atoms with Crippen LogP contribution in [-0.4, -0.2) is 49.5 Å². The van der Waals surface area contributed by atoms with Gasteiger partial charge in [-0.25, -0.2) is 9.37 Å². The Morgan fingerprint density at radius 3 is 2.44 bits per heavy atom. The summed E-state index contributed by atoms with van der Waals surface area (Å²) >= 11 is 6.27. The predicted octanol–water partition coefficient (Wildman–Crippen LogP) is 5.56. The van der Waals surface area contributed by atoms with E-state index in [4.69, 9.17) is 11.6 Å². The first-order chi connectivity index (χ1) is 17.2. The predicted molar refractivity (Wildman–Crippen MR) is 127 cm³/mol. The zero-order chi connectivity index (χ0) is 25.2. The van der Waals surface area contributed by atoms with Gasteiger partial charge in [0.05, 0.1) is 17.9 Å². The van der Waals surface area contributed by atoms with Crippen LogP contribution in [0.4, 0.5) is 23.4 Å². The second-order valence-corrected chi connectivity index (χ2v) is 10.4. The molecule has 0 spiro atoms. The van der Waals surface area contributed by atoms with E-state index in [-0.39, 0.29) is 37.7 Å². The molecule has 0 amide bonds. The van der Waals surface area contributed by atoms with Crippen LogP contribution in [0.2, 0.25) is 5.02 Å². The van der Waals surface area contributed by atoms with E-state index in [1.165, 1.54) is 11.0 Å². The van der Waals surface area contributed by atoms with Crippen LogP contribution in [0.1, 0.15) is 54.5 Å².